The van der Waals surface area contributed by atoms with Crippen molar-refractivity contribution in [2.24, 2.45) is 18.6 Å². The number of ether oxygens (including phenoxy) is 1. The fraction of sp³-hybridized carbons (Fsp3) is 0.483. The van der Waals surface area contributed by atoms with Gasteiger partial charge in [0.2, 0.25) is 5.91 Å². The first kappa shape index (κ1) is 24.2. The van der Waals surface area contributed by atoms with Gasteiger partial charge in [-0.25, -0.2) is 29.0 Å². The number of alkyl carbamates (subject to hydrolysis) is 1. The number of likely N-dealkylation sites (N-methyl/N-ethyl adjacent to an activating group) is 1. The zero-order valence-electron chi connectivity index (χ0n) is 28.9. The molecule has 2 saturated carbocycles. The van der Waals surface area contributed by atoms with Crippen LogP contribution in [0.15, 0.2) is 29.2 Å². The Morgan fingerprint density at radius 3 is 2.67 bits per heavy atom. The first-order valence-electron chi connectivity index (χ1n) is 16.6. The van der Waals surface area contributed by atoms with Gasteiger partial charge in [-0.15, -0.1) is 0 Å². The van der Waals surface area contributed by atoms with Crippen LogP contribution >= 0.6 is 0 Å². The molecule has 0 radical (unpaired) electrons. The summed E-state index contributed by atoms with van der Waals surface area (Å²) in [4.78, 5) is 63.5. The number of pyridine rings is 2. The number of methoxy groups -OCH3 is 1. The van der Waals surface area contributed by atoms with Crippen LogP contribution in [0.5, 0.6) is 0 Å². The van der Waals surface area contributed by atoms with Crippen molar-refractivity contribution in [2.75, 3.05) is 37.5 Å². The molecule has 1 aliphatic heterocycles. The first-order chi connectivity index (χ1) is 23.1. The van der Waals surface area contributed by atoms with Gasteiger partial charge in [0, 0.05) is 49.4 Å². The van der Waals surface area contributed by atoms with Crippen molar-refractivity contribution in [1.82, 2.24) is 39.1 Å². The van der Waals surface area contributed by atoms with Gasteiger partial charge in [-0.05, 0) is 43.7 Å². The molecule has 0 aromatic carbocycles. The van der Waals surface area contributed by atoms with Gasteiger partial charge in [-0.1, -0.05) is 6.92 Å². The fourth-order valence-electron chi connectivity index (χ4n) is 6.55. The minimum Gasteiger partial charge on any atom is -0.453 e. The highest BCUT2D eigenvalue weighted by atomic mass is 16.5. The number of carbonyl (C=O) groups is 3. The van der Waals surface area contributed by atoms with Gasteiger partial charge in [-0.3, -0.25) is 18.8 Å². The van der Waals surface area contributed by atoms with Crippen molar-refractivity contribution in [1.29, 1.82) is 0 Å². The number of aryl methyl sites for hydroxylation is 1. The van der Waals surface area contributed by atoms with Crippen LogP contribution in [-0.4, -0.2) is 85.1 Å². The molecule has 1 saturated heterocycles. The topological polar surface area (TPSA) is 188 Å². The maximum atomic E-state index is 13.7. The molecule has 16 nitrogen and oxygen atoms in total. The zero-order chi connectivity index (χ0) is 35.2. The molecule has 3 aliphatic rings. The van der Waals surface area contributed by atoms with Gasteiger partial charge in [0.15, 0.2) is 11.5 Å². The summed E-state index contributed by atoms with van der Waals surface area (Å²) in [6.07, 6.45) is 1.52. The van der Waals surface area contributed by atoms with E-state index < -0.39 is 42.3 Å². The Bertz CT molecular complexity index is 2110. The van der Waals surface area contributed by atoms with Gasteiger partial charge in [0.25, 0.3) is 0 Å². The van der Waals surface area contributed by atoms with Crippen LogP contribution in [-0.2, 0) is 22.0 Å². The number of amides is 4. The number of rotatable bonds is 7. The molecule has 5 heterocycles. The summed E-state index contributed by atoms with van der Waals surface area (Å²) in [5, 5.41) is 10.9. The number of nitrogens with one attached hydrogen (secondary N) is 2. The predicted molar refractivity (Wildman–Crippen MR) is 164 cm³/mol. The van der Waals surface area contributed by atoms with Crippen molar-refractivity contribution < 1.29 is 24.6 Å². The Morgan fingerprint density at radius 2 is 2.00 bits per heavy atom. The highest BCUT2D eigenvalue weighted by Crippen LogP contribution is 2.51. The summed E-state index contributed by atoms with van der Waals surface area (Å²) in [6.45, 7) is -0.0167. The van der Waals surface area contributed by atoms with Crippen LogP contribution < -0.4 is 27.0 Å². The smallest absolute Gasteiger partial charge is 0.407 e. The monoisotopic (exact) mass is 621 g/mol. The lowest BCUT2D eigenvalue weighted by atomic mass is 10.2. The highest BCUT2D eigenvalue weighted by Gasteiger charge is 2.60. The minimum absolute atomic E-state index is 0.0348. The molecule has 0 spiro atoms. The molecule has 236 valence electrons. The number of fused-ring (bicyclic) bond motifs is 2. The van der Waals surface area contributed by atoms with E-state index in [2.05, 4.69) is 20.4 Å². The van der Waals surface area contributed by atoms with Crippen LogP contribution in [0.1, 0.15) is 44.1 Å². The maximum Gasteiger partial charge on any atom is 0.407 e. The van der Waals surface area contributed by atoms with E-state index >= 15 is 0 Å². The van der Waals surface area contributed by atoms with Gasteiger partial charge in [-0.2, -0.15) is 5.10 Å². The minimum atomic E-state index is -2.82. The first-order valence-corrected chi connectivity index (χ1v) is 14.6. The lowest BCUT2D eigenvalue weighted by Crippen LogP contribution is -2.37. The van der Waals surface area contributed by atoms with Crippen molar-refractivity contribution in [3.63, 3.8) is 0 Å². The molecule has 4 amide bonds. The molecule has 4 aromatic rings. The van der Waals surface area contributed by atoms with Gasteiger partial charge >= 0.3 is 17.8 Å². The van der Waals surface area contributed by atoms with Crippen molar-refractivity contribution in [2.45, 2.75) is 50.2 Å². The summed E-state index contributed by atoms with van der Waals surface area (Å²) >= 11 is 0. The summed E-state index contributed by atoms with van der Waals surface area (Å²) < 4.78 is 41.0. The van der Waals surface area contributed by atoms with Gasteiger partial charge < -0.3 is 26.0 Å². The van der Waals surface area contributed by atoms with Crippen LogP contribution in [0.25, 0.3) is 22.1 Å². The van der Waals surface area contributed by atoms with Crippen LogP contribution in [0, 0.1) is 5.92 Å². The number of nitrogens with zero attached hydrogens (tertiary/aromatic N) is 8. The van der Waals surface area contributed by atoms with Crippen molar-refractivity contribution in [3.05, 3.63) is 34.9 Å². The largest absolute Gasteiger partial charge is 0.453 e. The lowest BCUT2D eigenvalue weighted by molar-refractivity contribution is -0.123. The Balaban J connectivity index is 1.30. The molecule has 7 rings (SSSR count). The molecule has 4 atom stereocenters. The second-order valence-corrected chi connectivity index (χ2v) is 11.8. The highest BCUT2D eigenvalue weighted by molar-refractivity contribution is 6.02. The van der Waals surface area contributed by atoms with E-state index in [9.17, 15) is 19.2 Å². The zero-order valence-corrected chi connectivity index (χ0v) is 24.9. The number of carbonyl (C=O) groups excluding carboxylic acids is 3. The van der Waals surface area contributed by atoms with E-state index in [1.807, 2.05) is 6.92 Å². The quantitative estimate of drug-likeness (QED) is 0.276. The molecular weight excluding hydrogens is 582 g/mol. The van der Waals surface area contributed by atoms with E-state index in [0.29, 0.717) is 53.2 Å². The molecule has 4 aromatic heterocycles. The average Bonchev–Trinajstić information content (AvgIpc) is 3.34. The molecule has 0 unspecified atom stereocenters. The number of aromatic nitrogens is 6. The van der Waals surface area contributed by atoms with Crippen LogP contribution in [0.3, 0.4) is 0 Å². The van der Waals surface area contributed by atoms with E-state index in [4.69, 9.17) is 21.3 Å². The van der Waals surface area contributed by atoms with Crippen LogP contribution in [0.4, 0.5) is 27.0 Å². The summed E-state index contributed by atoms with van der Waals surface area (Å²) in [7, 11) is 2.89. The summed E-state index contributed by atoms with van der Waals surface area (Å²) in [5.41, 5.74) is 4.62. The summed E-state index contributed by atoms with van der Waals surface area (Å²) in [5.74, 6) is 0.213. The number of urea groups is 1. The Labute approximate surface area is 262 Å². The molecule has 0 bridgehead atoms. The standard InChI is InChI=1S/C29H35N11O5/c1-15-13-29(15,25(30)41)40-23-18(24(35-40)38-10-9-36(2)27(38)43)7-8-21(34-23)33-22-12-19-20(14-31-22)37(3)28(44)39(19)17-6-5-16(11-17)32-26(42)45-4/h7-8,12,14-17H,5-6,9-11,13H2,1-4H3,(H2,30,41)(H,32,42)(H,31,33,34)/t15-,16+,17+,29-/m0/s1/i3D3,16D. The molecule has 4 N–H and O–H groups in total. The predicted octanol–water partition coefficient (Wildman–Crippen LogP) is 1.77. The van der Waals surface area contributed by atoms with Crippen molar-refractivity contribution in [3.8, 4) is 0 Å². The molecule has 2 aliphatic carbocycles. The number of anilines is 3. The Kier molecular flexibility index (Phi) is 5.49. The SMILES string of the molecule is [2H]C([2H])([2H])n1c(=O)n([C@@H]2CC[C@@]([2H])(NC(=O)OC)C2)c2cc(Nc3ccc4c(N5CCN(C)C5=O)nn([C@@]5(C(N)=O)C[C@@H]5C)c4n3)ncc21. The summed E-state index contributed by atoms with van der Waals surface area (Å²) in [6, 6.07) is 2.66. The average molecular weight is 622 g/mol. The number of nitrogens with two attached hydrogens (primary N) is 1. The second kappa shape index (κ2) is 10.2. The van der Waals surface area contributed by atoms with Gasteiger partial charge in [0.05, 0.1) is 31.1 Å². The molecular formula is C29H35N11O5. The third kappa shape index (κ3) is 4.37. The third-order valence-corrected chi connectivity index (χ3v) is 9.17. The number of hydrogen-bond donors (Lipinski definition) is 3. The van der Waals surface area contributed by atoms with Gasteiger partial charge in [0.1, 0.15) is 17.2 Å². The van der Waals surface area contributed by atoms with Crippen LogP contribution in [0.2, 0.25) is 0 Å². The molecule has 3 fully saturated rings. The second-order valence-electron chi connectivity index (χ2n) is 11.8. The Morgan fingerprint density at radius 1 is 1.20 bits per heavy atom. The number of hydrogen-bond acceptors (Lipinski definition) is 9. The van der Waals surface area contributed by atoms with Crippen molar-refractivity contribution >= 4 is 57.6 Å². The molecule has 16 heteroatoms. The van der Waals surface area contributed by atoms with E-state index in [0.717, 1.165) is 0 Å². The van der Waals surface area contributed by atoms with E-state index in [1.54, 1.807) is 24.1 Å². The van der Waals surface area contributed by atoms with E-state index in [1.165, 1.54) is 33.5 Å². The molecule has 45 heavy (non-hydrogen) atoms. The van der Waals surface area contributed by atoms with E-state index in [-0.39, 0.29) is 41.6 Å². The third-order valence-electron chi connectivity index (χ3n) is 9.17. The maximum absolute atomic E-state index is 13.7. The number of primary amides is 1. The lowest BCUT2D eigenvalue weighted by Gasteiger charge is -2.15. The fourth-order valence-corrected chi connectivity index (χ4v) is 6.55. The number of imidazole rings is 1. The Hall–Kier alpha value is -5.15. The normalized spacial score (nSPS) is 27.8.